The Hall–Kier alpha value is -1.73. The third kappa shape index (κ3) is 5.64. The Balaban J connectivity index is 2.06. The van der Waals surface area contributed by atoms with E-state index in [9.17, 15) is 9.59 Å². The Morgan fingerprint density at radius 1 is 1.24 bits per heavy atom. The standard InChI is InChI=1S/C18H23N3O2S2/c1-10(2)18-20-11(3)8-16(21-18)24-12(4)17(23)15-7-6-14(25-15)9-19-13(5)22/h6-8,10,12H,9H2,1-5H3,(H,19,22)/t12-/m0/s1. The Morgan fingerprint density at radius 3 is 2.60 bits per heavy atom. The molecule has 5 nitrogen and oxygen atoms in total. The molecule has 0 saturated carbocycles. The summed E-state index contributed by atoms with van der Waals surface area (Å²) < 4.78 is 0. The predicted molar refractivity (Wildman–Crippen MR) is 102 cm³/mol. The van der Waals surface area contributed by atoms with Crippen LogP contribution in [0.15, 0.2) is 23.2 Å². The summed E-state index contributed by atoms with van der Waals surface area (Å²) in [5.41, 5.74) is 0.912. The van der Waals surface area contributed by atoms with Gasteiger partial charge in [-0.15, -0.1) is 11.3 Å². The van der Waals surface area contributed by atoms with Gasteiger partial charge in [0.25, 0.3) is 0 Å². The lowest BCUT2D eigenvalue weighted by atomic mass is 10.2. The molecule has 1 N–H and O–H groups in total. The summed E-state index contributed by atoms with van der Waals surface area (Å²) in [6.07, 6.45) is 0. The molecule has 0 aromatic carbocycles. The first-order chi connectivity index (χ1) is 11.8. The molecule has 0 radical (unpaired) electrons. The van der Waals surface area contributed by atoms with E-state index < -0.39 is 0 Å². The highest BCUT2D eigenvalue weighted by Gasteiger charge is 2.20. The molecule has 1 atom stereocenters. The molecule has 2 aromatic heterocycles. The third-order valence-corrected chi connectivity index (χ3v) is 5.57. The van der Waals surface area contributed by atoms with Crippen LogP contribution in [-0.4, -0.2) is 26.9 Å². The number of carbonyl (C=O) groups is 2. The monoisotopic (exact) mass is 377 g/mol. The number of nitrogens with zero attached hydrogens (tertiary/aromatic N) is 2. The van der Waals surface area contributed by atoms with E-state index in [2.05, 4.69) is 29.1 Å². The van der Waals surface area contributed by atoms with Gasteiger partial charge in [-0.25, -0.2) is 9.97 Å². The van der Waals surface area contributed by atoms with Gasteiger partial charge in [0.05, 0.1) is 16.7 Å². The average molecular weight is 378 g/mol. The Morgan fingerprint density at radius 2 is 1.96 bits per heavy atom. The molecule has 0 aliphatic rings. The zero-order valence-electron chi connectivity index (χ0n) is 15.1. The molecular weight excluding hydrogens is 354 g/mol. The molecule has 0 fully saturated rings. The first-order valence-electron chi connectivity index (χ1n) is 8.16. The smallest absolute Gasteiger partial charge is 0.217 e. The second kappa shape index (κ2) is 8.58. The van der Waals surface area contributed by atoms with Crippen molar-refractivity contribution in [1.29, 1.82) is 0 Å². The van der Waals surface area contributed by atoms with Crippen molar-refractivity contribution in [2.45, 2.75) is 57.4 Å². The summed E-state index contributed by atoms with van der Waals surface area (Å²) in [7, 11) is 0. The first-order valence-corrected chi connectivity index (χ1v) is 9.85. The third-order valence-electron chi connectivity index (χ3n) is 3.45. The molecule has 134 valence electrons. The van der Waals surface area contributed by atoms with E-state index in [-0.39, 0.29) is 22.9 Å². The number of carbonyl (C=O) groups excluding carboxylic acids is 2. The second-order valence-electron chi connectivity index (χ2n) is 6.16. The summed E-state index contributed by atoms with van der Waals surface area (Å²) in [6, 6.07) is 5.62. The van der Waals surface area contributed by atoms with E-state index in [1.165, 1.54) is 30.0 Å². The van der Waals surface area contributed by atoms with Crippen molar-refractivity contribution in [3.63, 3.8) is 0 Å². The van der Waals surface area contributed by atoms with Crippen LogP contribution in [0.25, 0.3) is 0 Å². The van der Waals surface area contributed by atoms with Crippen molar-refractivity contribution in [3.8, 4) is 0 Å². The summed E-state index contributed by atoms with van der Waals surface area (Å²) in [5, 5.41) is 3.34. The fourth-order valence-corrected chi connectivity index (χ4v) is 4.16. The number of nitrogens with one attached hydrogen (secondary N) is 1. The minimum absolute atomic E-state index is 0.0754. The van der Waals surface area contributed by atoms with Crippen LogP contribution in [-0.2, 0) is 11.3 Å². The van der Waals surface area contributed by atoms with Gasteiger partial charge < -0.3 is 5.32 Å². The SMILES string of the molecule is CC(=O)NCc1ccc(C(=O)[C@H](C)Sc2cc(C)nc(C(C)C)n2)s1. The molecular formula is C18H23N3O2S2. The normalized spacial score (nSPS) is 12.2. The number of aromatic nitrogens is 2. The van der Waals surface area contributed by atoms with Gasteiger partial charge in [-0.05, 0) is 32.0 Å². The highest BCUT2D eigenvalue weighted by atomic mass is 32.2. The molecule has 0 saturated heterocycles. The molecule has 2 rings (SSSR count). The van der Waals surface area contributed by atoms with Gasteiger partial charge in [-0.1, -0.05) is 25.6 Å². The van der Waals surface area contributed by atoms with Crippen molar-refractivity contribution in [2.75, 3.05) is 0 Å². The topological polar surface area (TPSA) is 72.0 Å². The zero-order chi connectivity index (χ0) is 18.6. The zero-order valence-corrected chi connectivity index (χ0v) is 16.8. The maximum absolute atomic E-state index is 12.7. The van der Waals surface area contributed by atoms with Crippen molar-refractivity contribution in [1.82, 2.24) is 15.3 Å². The van der Waals surface area contributed by atoms with Crippen LogP contribution in [0.3, 0.4) is 0 Å². The lowest BCUT2D eigenvalue weighted by molar-refractivity contribution is -0.119. The highest BCUT2D eigenvalue weighted by molar-refractivity contribution is 8.00. The number of Topliss-reactive ketones (excluding diaryl/α,β-unsaturated/α-hetero) is 1. The van der Waals surface area contributed by atoms with Gasteiger partial charge in [0.15, 0.2) is 5.78 Å². The number of amides is 1. The van der Waals surface area contributed by atoms with E-state index >= 15 is 0 Å². The summed E-state index contributed by atoms with van der Waals surface area (Å²) in [4.78, 5) is 34.3. The molecule has 7 heteroatoms. The summed E-state index contributed by atoms with van der Waals surface area (Å²) >= 11 is 2.88. The van der Waals surface area contributed by atoms with Crippen molar-refractivity contribution < 1.29 is 9.59 Å². The summed E-state index contributed by atoms with van der Waals surface area (Å²) in [6.45, 7) is 9.88. The Bertz CT molecular complexity index is 771. The molecule has 0 bridgehead atoms. The fraction of sp³-hybridized carbons (Fsp3) is 0.444. The van der Waals surface area contributed by atoms with Gasteiger partial charge in [0.2, 0.25) is 5.91 Å². The van der Waals surface area contributed by atoms with Crippen molar-refractivity contribution in [2.24, 2.45) is 0 Å². The van der Waals surface area contributed by atoms with Crippen LogP contribution in [0.5, 0.6) is 0 Å². The van der Waals surface area contributed by atoms with Crippen molar-refractivity contribution in [3.05, 3.63) is 39.5 Å². The van der Waals surface area contributed by atoms with Crippen LogP contribution < -0.4 is 5.32 Å². The number of aryl methyl sites for hydroxylation is 1. The maximum atomic E-state index is 12.7. The predicted octanol–water partition coefficient (Wildman–Crippen LogP) is 3.97. The van der Waals surface area contributed by atoms with E-state index in [0.29, 0.717) is 11.4 Å². The molecule has 0 spiro atoms. The van der Waals surface area contributed by atoms with Crippen LogP contribution in [0, 0.1) is 6.92 Å². The second-order valence-corrected chi connectivity index (χ2v) is 8.69. The van der Waals surface area contributed by atoms with E-state index in [1.54, 1.807) is 0 Å². The van der Waals surface area contributed by atoms with Crippen LogP contribution >= 0.6 is 23.1 Å². The van der Waals surface area contributed by atoms with Gasteiger partial charge in [0, 0.05) is 23.4 Å². The number of thiophene rings is 1. The van der Waals surface area contributed by atoms with Gasteiger partial charge in [0.1, 0.15) is 10.9 Å². The maximum Gasteiger partial charge on any atom is 0.217 e. The summed E-state index contributed by atoms with van der Waals surface area (Å²) in [5.74, 6) is 1.05. The molecule has 0 aliphatic heterocycles. The fourth-order valence-electron chi connectivity index (χ4n) is 2.13. The van der Waals surface area contributed by atoms with Gasteiger partial charge >= 0.3 is 0 Å². The number of ketones is 1. The van der Waals surface area contributed by atoms with Gasteiger partial charge in [-0.3, -0.25) is 9.59 Å². The van der Waals surface area contributed by atoms with Crippen LogP contribution in [0.4, 0.5) is 0 Å². The molecule has 2 aromatic rings. The largest absolute Gasteiger partial charge is 0.351 e. The molecule has 2 heterocycles. The highest BCUT2D eigenvalue weighted by Crippen LogP contribution is 2.28. The molecule has 1 amide bonds. The first kappa shape index (κ1) is 19.6. The number of rotatable bonds is 7. The number of hydrogen-bond acceptors (Lipinski definition) is 6. The number of hydrogen-bond donors (Lipinski definition) is 1. The quantitative estimate of drug-likeness (QED) is 0.449. The van der Waals surface area contributed by atoms with Crippen molar-refractivity contribution >= 4 is 34.8 Å². The van der Waals surface area contributed by atoms with Gasteiger partial charge in [-0.2, -0.15) is 0 Å². The van der Waals surface area contributed by atoms with Crippen LogP contribution in [0.1, 0.15) is 59.7 Å². The molecule has 0 unspecified atom stereocenters. The lowest BCUT2D eigenvalue weighted by Gasteiger charge is -2.11. The van der Waals surface area contributed by atoms with E-state index in [0.717, 1.165) is 21.4 Å². The Kier molecular flexibility index (Phi) is 6.72. The van der Waals surface area contributed by atoms with Crippen LogP contribution in [0.2, 0.25) is 0 Å². The molecule has 25 heavy (non-hydrogen) atoms. The lowest BCUT2D eigenvalue weighted by Crippen LogP contribution is -2.18. The minimum atomic E-state index is -0.235. The van der Waals surface area contributed by atoms with E-state index in [4.69, 9.17) is 0 Å². The number of thioether (sulfide) groups is 1. The Labute approximate surface area is 156 Å². The average Bonchev–Trinajstić information content (AvgIpc) is 3.00. The van der Waals surface area contributed by atoms with E-state index in [1.807, 2.05) is 32.0 Å². The minimum Gasteiger partial charge on any atom is -0.351 e. The molecule has 0 aliphatic carbocycles.